The maximum Gasteiger partial charge on any atom is 0.224 e. The summed E-state index contributed by atoms with van der Waals surface area (Å²) in [5.41, 5.74) is 0.826. The molecule has 0 spiro atoms. The number of fused-ring (bicyclic) bond motifs is 1. The number of aromatic nitrogens is 4. The van der Waals surface area contributed by atoms with Crippen LogP contribution < -0.4 is 0 Å². The predicted octanol–water partition coefficient (Wildman–Crippen LogP) is 1.97. The SMILES string of the molecule is Clc1ncc2cnn(CCN3CCCCC3)c2n1. The average Bonchev–Trinajstić information content (AvgIpc) is 2.80. The monoisotopic (exact) mass is 265 g/mol. The lowest BCUT2D eigenvalue weighted by Gasteiger charge is -2.26. The van der Waals surface area contributed by atoms with Crippen molar-refractivity contribution in [1.29, 1.82) is 0 Å². The van der Waals surface area contributed by atoms with Crippen LogP contribution in [-0.4, -0.2) is 44.3 Å². The highest BCUT2D eigenvalue weighted by atomic mass is 35.5. The molecule has 0 N–H and O–H groups in total. The van der Waals surface area contributed by atoms with Gasteiger partial charge >= 0.3 is 0 Å². The lowest BCUT2D eigenvalue weighted by Crippen LogP contribution is -2.32. The molecule has 1 aliphatic rings. The molecule has 5 nitrogen and oxygen atoms in total. The van der Waals surface area contributed by atoms with Gasteiger partial charge in [-0.25, -0.2) is 9.67 Å². The molecule has 1 aliphatic heterocycles. The fraction of sp³-hybridized carbons (Fsp3) is 0.583. The zero-order chi connectivity index (χ0) is 12.4. The van der Waals surface area contributed by atoms with Crippen LogP contribution in [0.4, 0.5) is 0 Å². The Morgan fingerprint density at radius 1 is 1.11 bits per heavy atom. The van der Waals surface area contributed by atoms with E-state index in [4.69, 9.17) is 11.6 Å². The molecule has 0 radical (unpaired) electrons. The number of halogens is 1. The minimum absolute atomic E-state index is 0.280. The standard InChI is InChI=1S/C12H16ClN5/c13-12-14-8-10-9-15-18(11(10)16-12)7-6-17-4-2-1-3-5-17/h8-9H,1-7H2. The summed E-state index contributed by atoms with van der Waals surface area (Å²) in [6.45, 7) is 4.29. The average molecular weight is 266 g/mol. The second kappa shape index (κ2) is 5.20. The summed E-state index contributed by atoms with van der Waals surface area (Å²) in [6, 6.07) is 0. The van der Waals surface area contributed by atoms with Gasteiger partial charge in [0, 0.05) is 12.7 Å². The highest BCUT2D eigenvalue weighted by Gasteiger charge is 2.11. The van der Waals surface area contributed by atoms with E-state index in [0.29, 0.717) is 0 Å². The topological polar surface area (TPSA) is 46.8 Å². The first-order valence-electron chi connectivity index (χ1n) is 6.39. The van der Waals surface area contributed by atoms with Crippen LogP contribution in [0.25, 0.3) is 11.0 Å². The van der Waals surface area contributed by atoms with Gasteiger partial charge in [0.2, 0.25) is 5.28 Å². The second-order valence-electron chi connectivity index (χ2n) is 4.69. The van der Waals surface area contributed by atoms with Crippen molar-refractivity contribution in [2.75, 3.05) is 19.6 Å². The van der Waals surface area contributed by atoms with E-state index in [1.165, 1.54) is 32.4 Å². The van der Waals surface area contributed by atoms with Crippen molar-refractivity contribution in [3.05, 3.63) is 17.7 Å². The first-order chi connectivity index (χ1) is 8.83. The molecule has 1 fully saturated rings. The smallest absolute Gasteiger partial charge is 0.224 e. The van der Waals surface area contributed by atoms with Crippen LogP contribution in [-0.2, 0) is 6.54 Å². The summed E-state index contributed by atoms with van der Waals surface area (Å²) in [7, 11) is 0. The molecule has 3 rings (SSSR count). The Balaban J connectivity index is 1.72. The van der Waals surface area contributed by atoms with Gasteiger partial charge in [-0.3, -0.25) is 0 Å². The Bertz CT molecular complexity index is 532. The fourth-order valence-electron chi connectivity index (χ4n) is 2.43. The number of nitrogens with zero attached hydrogens (tertiary/aromatic N) is 5. The first kappa shape index (κ1) is 11.9. The van der Waals surface area contributed by atoms with Gasteiger partial charge in [0.25, 0.3) is 0 Å². The minimum atomic E-state index is 0.280. The van der Waals surface area contributed by atoms with E-state index < -0.39 is 0 Å². The maximum atomic E-state index is 5.82. The van der Waals surface area contributed by atoms with Gasteiger partial charge in [0.15, 0.2) is 5.65 Å². The minimum Gasteiger partial charge on any atom is -0.301 e. The second-order valence-corrected chi connectivity index (χ2v) is 5.03. The van der Waals surface area contributed by atoms with E-state index in [2.05, 4.69) is 20.0 Å². The van der Waals surface area contributed by atoms with Crippen molar-refractivity contribution >= 4 is 22.6 Å². The molecule has 0 atom stereocenters. The van der Waals surface area contributed by atoms with Gasteiger partial charge in [-0.05, 0) is 37.5 Å². The van der Waals surface area contributed by atoms with Gasteiger partial charge in [-0.1, -0.05) is 6.42 Å². The summed E-state index contributed by atoms with van der Waals surface area (Å²) in [4.78, 5) is 10.7. The van der Waals surface area contributed by atoms with Crippen LogP contribution in [0.5, 0.6) is 0 Å². The Morgan fingerprint density at radius 3 is 2.78 bits per heavy atom. The molecule has 96 valence electrons. The van der Waals surface area contributed by atoms with E-state index in [1.807, 2.05) is 4.68 Å². The van der Waals surface area contributed by atoms with Crippen molar-refractivity contribution in [1.82, 2.24) is 24.6 Å². The van der Waals surface area contributed by atoms with Gasteiger partial charge in [-0.2, -0.15) is 10.1 Å². The molecule has 0 aromatic carbocycles. The Hall–Kier alpha value is -1.20. The molecule has 18 heavy (non-hydrogen) atoms. The van der Waals surface area contributed by atoms with Gasteiger partial charge in [0.1, 0.15) is 0 Å². The van der Waals surface area contributed by atoms with Crippen molar-refractivity contribution in [3.63, 3.8) is 0 Å². The number of hydrogen-bond donors (Lipinski definition) is 0. The Kier molecular flexibility index (Phi) is 3.43. The molecule has 1 saturated heterocycles. The molecule has 6 heteroatoms. The largest absolute Gasteiger partial charge is 0.301 e. The number of likely N-dealkylation sites (tertiary alicyclic amines) is 1. The van der Waals surface area contributed by atoms with Crippen LogP contribution in [0.15, 0.2) is 12.4 Å². The Morgan fingerprint density at radius 2 is 1.94 bits per heavy atom. The van der Waals surface area contributed by atoms with Crippen LogP contribution in [0.1, 0.15) is 19.3 Å². The van der Waals surface area contributed by atoms with E-state index >= 15 is 0 Å². The summed E-state index contributed by atoms with van der Waals surface area (Å²) in [5.74, 6) is 0. The number of hydrogen-bond acceptors (Lipinski definition) is 4. The maximum absolute atomic E-state index is 5.82. The summed E-state index contributed by atoms with van der Waals surface area (Å²) < 4.78 is 1.91. The lowest BCUT2D eigenvalue weighted by molar-refractivity contribution is 0.219. The zero-order valence-corrected chi connectivity index (χ0v) is 11.0. The van der Waals surface area contributed by atoms with Crippen LogP contribution in [0, 0.1) is 0 Å². The third-order valence-corrected chi connectivity index (χ3v) is 3.61. The van der Waals surface area contributed by atoms with Gasteiger partial charge in [-0.15, -0.1) is 0 Å². The molecule has 0 saturated carbocycles. The molecule has 3 heterocycles. The molecule has 2 aromatic heterocycles. The van der Waals surface area contributed by atoms with E-state index in [0.717, 1.165) is 24.1 Å². The molecule has 0 unspecified atom stereocenters. The number of piperidine rings is 1. The zero-order valence-electron chi connectivity index (χ0n) is 10.2. The molecule has 0 amide bonds. The quantitative estimate of drug-likeness (QED) is 0.796. The van der Waals surface area contributed by atoms with Crippen LogP contribution >= 0.6 is 11.6 Å². The van der Waals surface area contributed by atoms with Gasteiger partial charge < -0.3 is 4.90 Å². The predicted molar refractivity (Wildman–Crippen MR) is 70.6 cm³/mol. The fourth-order valence-corrected chi connectivity index (χ4v) is 2.56. The Labute approximate surface area is 111 Å². The molecule has 2 aromatic rings. The summed E-state index contributed by atoms with van der Waals surface area (Å²) in [5, 5.41) is 5.57. The normalized spacial score (nSPS) is 17.4. The number of rotatable bonds is 3. The third kappa shape index (κ3) is 2.47. The van der Waals surface area contributed by atoms with E-state index in [-0.39, 0.29) is 5.28 Å². The van der Waals surface area contributed by atoms with E-state index in [9.17, 15) is 0 Å². The summed E-state index contributed by atoms with van der Waals surface area (Å²) >= 11 is 5.82. The lowest BCUT2D eigenvalue weighted by atomic mass is 10.1. The van der Waals surface area contributed by atoms with Crippen molar-refractivity contribution in [3.8, 4) is 0 Å². The first-order valence-corrected chi connectivity index (χ1v) is 6.77. The van der Waals surface area contributed by atoms with E-state index in [1.54, 1.807) is 12.4 Å². The highest BCUT2D eigenvalue weighted by molar-refractivity contribution is 6.28. The highest BCUT2D eigenvalue weighted by Crippen LogP contribution is 2.13. The third-order valence-electron chi connectivity index (χ3n) is 3.42. The van der Waals surface area contributed by atoms with Crippen molar-refractivity contribution in [2.45, 2.75) is 25.8 Å². The van der Waals surface area contributed by atoms with Crippen LogP contribution in [0.2, 0.25) is 5.28 Å². The molecule has 0 bridgehead atoms. The van der Waals surface area contributed by atoms with Gasteiger partial charge in [0.05, 0.1) is 18.1 Å². The molecular weight excluding hydrogens is 250 g/mol. The summed E-state index contributed by atoms with van der Waals surface area (Å²) in [6.07, 6.45) is 7.50. The van der Waals surface area contributed by atoms with Crippen molar-refractivity contribution in [2.24, 2.45) is 0 Å². The van der Waals surface area contributed by atoms with Crippen LogP contribution in [0.3, 0.4) is 0 Å². The van der Waals surface area contributed by atoms with Crippen molar-refractivity contribution < 1.29 is 0 Å². The molecule has 0 aliphatic carbocycles. The molecular formula is C12H16ClN5.